The maximum atomic E-state index is 11.8. The fraction of sp³-hybridized carbons (Fsp3) is 0.462. The van der Waals surface area contributed by atoms with Crippen LogP contribution in [0.15, 0.2) is 29.2 Å². The van der Waals surface area contributed by atoms with Crippen molar-refractivity contribution >= 4 is 30.1 Å². The molecule has 0 aliphatic carbocycles. The first-order valence-electron chi connectivity index (χ1n) is 5.83. The Kier molecular flexibility index (Phi) is 8.89. The van der Waals surface area contributed by atoms with E-state index >= 15 is 0 Å². The Morgan fingerprint density at radius 3 is 2.44 bits per heavy atom. The Balaban J connectivity index is 0.00000289. The van der Waals surface area contributed by atoms with Crippen LogP contribution in [0.1, 0.15) is 24.2 Å². The molecule has 0 saturated carbocycles. The van der Waals surface area contributed by atoms with E-state index in [2.05, 4.69) is 24.5 Å². The predicted octanol–water partition coefficient (Wildman–Crippen LogP) is 2.56. The van der Waals surface area contributed by atoms with Gasteiger partial charge in [-0.3, -0.25) is 4.79 Å². The topological polar surface area (TPSA) is 41.1 Å². The summed E-state index contributed by atoms with van der Waals surface area (Å²) in [6, 6.07) is 7.95. The molecular weight excluding hydrogens is 268 g/mol. The van der Waals surface area contributed by atoms with Crippen LogP contribution in [-0.2, 0) is 0 Å². The van der Waals surface area contributed by atoms with Gasteiger partial charge in [0.2, 0.25) is 0 Å². The molecule has 0 fully saturated rings. The number of thioether (sulfide) groups is 1. The van der Waals surface area contributed by atoms with Gasteiger partial charge in [0.1, 0.15) is 0 Å². The standard InChI is InChI=1S/C13H20N2OS.ClH/c1-4-14-10(2)9-15-13(16)11-5-7-12(17-3)8-6-11;/h5-8,10,14H,4,9H2,1-3H3,(H,15,16);1H/t10-;/m1./s1. The lowest BCUT2D eigenvalue weighted by Crippen LogP contribution is -2.38. The van der Waals surface area contributed by atoms with Gasteiger partial charge in [-0.05, 0) is 44.0 Å². The van der Waals surface area contributed by atoms with Gasteiger partial charge in [0.05, 0.1) is 0 Å². The second-order valence-corrected chi connectivity index (χ2v) is 4.78. The Morgan fingerprint density at radius 1 is 1.33 bits per heavy atom. The minimum atomic E-state index is -0.0117. The van der Waals surface area contributed by atoms with E-state index in [1.165, 1.54) is 4.90 Å². The second-order valence-electron chi connectivity index (χ2n) is 3.90. The van der Waals surface area contributed by atoms with Crippen molar-refractivity contribution in [3.05, 3.63) is 29.8 Å². The lowest BCUT2D eigenvalue weighted by molar-refractivity contribution is 0.0950. The quantitative estimate of drug-likeness (QED) is 0.791. The molecule has 0 aliphatic heterocycles. The Bertz CT molecular complexity index is 357. The van der Waals surface area contributed by atoms with Crippen LogP contribution in [-0.4, -0.2) is 31.3 Å². The van der Waals surface area contributed by atoms with Crippen molar-refractivity contribution in [2.75, 3.05) is 19.3 Å². The van der Waals surface area contributed by atoms with Crippen molar-refractivity contribution < 1.29 is 4.79 Å². The number of carbonyl (C=O) groups is 1. The van der Waals surface area contributed by atoms with Gasteiger partial charge >= 0.3 is 0 Å². The Labute approximate surface area is 120 Å². The van der Waals surface area contributed by atoms with Gasteiger partial charge in [-0.15, -0.1) is 24.2 Å². The van der Waals surface area contributed by atoms with Crippen molar-refractivity contribution in [2.24, 2.45) is 0 Å². The van der Waals surface area contributed by atoms with E-state index in [0.29, 0.717) is 18.2 Å². The monoisotopic (exact) mass is 288 g/mol. The van der Waals surface area contributed by atoms with E-state index in [0.717, 1.165) is 6.54 Å². The van der Waals surface area contributed by atoms with E-state index < -0.39 is 0 Å². The first-order valence-corrected chi connectivity index (χ1v) is 7.05. The molecule has 102 valence electrons. The molecule has 0 unspecified atom stereocenters. The van der Waals surface area contributed by atoms with E-state index in [4.69, 9.17) is 0 Å². The smallest absolute Gasteiger partial charge is 0.251 e. The minimum Gasteiger partial charge on any atom is -0.350 e. The van der Waals surface area contributed by atoms with Crippen LogP contribution in [0.4, 0.5) is 0 Å². The predicted molar refractivity (Wildman–Crippen MR) is 80.9 cm³/mol. The second kappa shape index (κ2) is 9.25. The van der Waals surface area contributed by atoms with Gasteiger partial charge in [0.15, 0.2) is 0 Å². The van der Waals surface area contributed by atoms with Crippen molar-refractivity contribution in [3.63, 3.8) is 0 Å². The molecule has 0 bridgehead atoms. The van der Waals surface area contributed by atoms with Crippen LogP contribution < -0.4 is 10.6 Å². The zero-order valence-corrected chi connectivity index (χ0v) is 12.7. The van der Waals surface area contributed by atoms with Crippen molar-refractivity contribution in [3.8, 4) is 0 Å². The molecular formula is C13H21ClN2OS. The number of carbonyl (C=O) groups excluding carboxylic acids is 1. The molecule has 3 nitrogen and oxygen atoms in total. The average Bonchev–Trinajstić information content (AvgIpc) is 2.36. The van der Waals surface area contributed by atoms with Crippen LogP contribution >= 0.6 is 24.2 Å². The summed E-state index contributed by atoms with van der Waals surface area (Å²) < 4.78 is 0. The highest BCUT2D eigenvalue weighted by molar-refractivity contribution is 7.98. The summed E-state index contributed by atoms with van der Waals surface area (Å²) in [5.41, 5.74) is 0.714. The summed E-state index contributed by atoms with van der Waals surface area (Å²) in [7, 11) is 0. The number of hydrogen-bond acceptors (Lipinski definition) is 3. The molecule has 1 rings (SSSR count). The minimum absolute atomic E-state index is 0. The van der Waals surface area contributed by atoms with E-state index in [1.807, 2.05) is 30.5 Å². The SMILES string of the molecule is CCN[C@H](C)CNC(=O)c1ccc(SC)cc1.Cl. The van der Waals surface area contributed by atoms with E-state index in [-0.39, 0.29) is 18.3 Å². The van der Waals surface area contributed by atoms with E-state index in [9.17, 15) is 4.79 Å². The van der Waals surface area contributed by atoms with Gasteiger partial charge in [-0.25, -0.2) is 0 Å². The average molecular weight is 289 g/mol. The molecule has 1 atom stereocenters. The normalized spacial score (nSPS) is 11.5. The number of likely N-dealkylation sites (N-methyl/N-ethyl adjacent to an activating group) is 1. The number of rotatable bonds is 6. The van der Waals surface area contributed by atoms with Crippen LogP contribution in [0.25, 0.3) is 0 Å². The molecule has 0 aromatic heterocycles. The summed E-state index contributed by atoms with van der Waals surface area (Å²) >= 11 is 1.67. The fourth-order valence-corrected chi connectivity index (χ4v) is 1.92. The first-order chi connectivity index (χ1) is 8.17. The van der Waals surface area contributed by atoms with Crippen molar-refractivity contribution in [1.29, 1.82) is 0 Å². The van der Waals surface area contributed by atoms with Crippen LogP contribution in [0, 0.1) is 0 Å². The molecule has 0 spiro atoms. The largest absolute Gasteiger partial charge is 0.350 e. The summed E-state index contributed by atoms with van der Waals surface area (Å²) in [4.78, 5) is 13.0. The van der Waals surface area contributed by atoms with E-state index in [1.54, 1.807) is 11.8 Å². The lowest BCUT2D eigenvalue weighted by atomic mass is 10.2. The van der Waals surface area contributed by atoms with Gasteiger partial charge in [0.25, 0.3) is 5.91 Å². The molecule has 18 heavy (non-hydrogen) atoms. The van der Waals surface area contributed by atoms with Gasteiger partial charge in [0, 0.05) is 23.0 Å². The number of nitrogens with one attached hydrogen (secondary N) is 2. The number of hydrogen-bond donors (Lipinski definition) is 2. The van der Waals surface area contributed by atoms with Crippen molar-refractivity contribution in [2.45, 2.75) is 24.8 Å². The molecule has 2 N–H and O–H groups in total. The molecule has 1 aromatic rings. The summed E-state index contributed by atoms with van der Waals surface area (Å²) in [6.07, 6.45) is 2.02. The highest BCUT2D eigenvalue weighted by Crippen LogP contribution is 2.14. The first kappa shape index (κ1) is 17.3. The number of halogens is 1. The maximum Gasteiger partial charge on any atom is 0.251 e. The van der Waals surface area contributed by atoms with Gasteiger partial charge in [-0.1, -0.05) is 6.92 Å². The maximum absolute atomic E-state index is 11.8. The molecule has 1 aromatic carbocycles. The summed E-state index contributed by atoms with van der Waals surface area (Å²) in [6.45, 7) is 5.68. The molecule has 0 saturated heterocycles. The zero-order valence-electron chi connectivity index (χ0n) is 11.0. The third kappa shape index (κ3) is 5.76. The van der Waals surface area contributed by atoms with Gasteiger partial charge < -0.3 is 10.6 Å². The number of amides is 1. The molecule has 0 radical (unpaired) electrons. The number of benzene rings is 1. The molecule has 0 heterocycles. The zero-order chi connectivity index (χ0) is 12.7. The highest BCUT2D eigenvalue weighted by Gasteiger charge is 2.06. The van der Waals surface area contributed by atoms with Crippen LogP contribution in [0.5, 0.6) is 0 Å². The lowest BCUT2D eigenvalue weighted by Gasteiger charge is -2.13. The molecule has 1 amide bonds. The summed E-state index contributed by atoms with van der Waals surface area (Å²) in [5.74, 6) is -0.0117. The fourth-order valence-electron chi connectivity index (χ4n) is 1.51. The van der Waals surface area contributed by atoms with Gasteiger partial charge in [-0.2, -0.15) is 0 Å². The summed E-state index contributed by atoms with van der Waals surface area (Å²) in [5, 5.41) is 6.17. The molecule has 0 aliphatic rings. The Morgan fingerprint density at radius 2 is 1.94 bits per heavy atom. The highest BCUT2D eigenvalue weighted by atomic mass is 35.5. The van der Waals surface area contributed by atoms with Crippen LogP contribution in [0.3, 0.4) is 0 Å². The van der Waals surface area contributed by atoms with Crippen molar-refractivity contribution in [1.82, 2.24) is 10.6 Å². The van der Waals surface area contributed by atoms with Crippen LogP contribution in [0.2, 0.25) is 0 Å². The third-order valence-corrected chi connectivity index (χ3v) is 3.22. The Hall–Kier alpha value is -0.710. The molecule has 5 heteroatoms. The third-order valence-electron chi connectivity index (χ3n) is 2.47.